The number of rotatable bonds is 9. The van der Waals surface area contributed by atoms with E-state index >= 15 is 0 Å². The van der Waals surface area contributed by atoms with Crippen LogP contribution in [0.4, 0.5) is 0 Å². The highest BCUT2D eigenvalue weighted by Crippen LogP contribution is 2.48. The summed E-state index contributed by atoms with van der Waals surface area (Å²) in [6, 6.07) is 13.5. The molecule has 0 saturated heterocycles. The van der Waals surface area contributed by atoms with Crippen LogP contribution in [0.15, 0.2) is 48.7 Å². The molecular formula is C38H45N3O6S. The molecule has 48 heavy (non-hydrogen) atoms. The van der Waals surface area contributed by atoms with Crippen molar-refractivity contribution in [2.24, 2.45) is 0 Å². The Bertz CT molecular complexity index is 2030. The van der Waals surface area contributed by atoms with E-state index < -0.39 is 21.2 Å². The fourth-order valence-electron chi connectivity index (χ4n) is 7.22. The third-order valence-electron chi connectivity index (χ3n) is 9.68. The highest BCUT2D eigenvalue weighted by molar-refractivity contribution is 7.90. The van der Waals surface area contributed by atoms with Crippen molar-refractivity contribution in [3.05, 3.63) is 76.6 Å². The van der Waals surface area contributed by atoms with Gasteiger partial charge in [-0.1, -0.05) is 25.3 Å². The van der Waals surface area contributed by atoms with Crippen LogP contribution in [-0.2, 0) is 21.3 Å². The minimum atomic E-state index is -3.82. The first-order valence-corrected chi connectivity index (χ1v) is 18.5. The number of allylic oxidation sites excluding steroid dienone is 1. The van der Waals surface area contributed by atoms with Crippen LogP contribution in [0, 0.1) is 0 Å². The van der Waals surface area contributed by atoms with Gasteiger partial charge in [0.15, 0.2) is 0 Å². The maximum absolute atomic E-state index is 13.4. The predicted molar refractivity (Wildman–Crippen MR) is 190 cm³/mol. The smallest absolute Gasteiger partial charge is 0.340 e. The number of sulfonamides is 1. The molecule has 0 radical (unpaired) electrons. The van der Waals surface area contributed by atoms with Gasteiger partial charge in [-0.2, -0.15) is 0 Å². The van der Waals surface area contributed by atoms with Crippen LogP contribution in [0.25, 0.3) is 33.8 Å². The molecule has 2 aromatic carbocycles. The number of amides is 1. The molecule has 9 nitrogen and oxygen atoms in total. The van der Waals surface area contributed by atoms with E-state index in [0.717, 1.165) is 70.4 Å². The molecule has 6 rings (SSSR count). The summed E-state index contributed by atoms with van der Waals surface area (Å²) in [4.78, 5) is 26.7. The molecule has 0 bridgehead atoms. The summed E-state index contributed by atoms with van der Waals surface area (Å²) in [5.41, 5.74) is 7.63. The molecule has 10 heteroatoms. The Hall–Kier alpha value is -4.31. The van der Waals surface area contributed by atoms with Crippen molar-refractivity contribution >= 4 is 44.5 Å². The first kappa shape index (κ1) is 33.6. The number of nitrogens with one attached hydrogen (secondary N) is 1. The normalized spacial score (nSPS) is 15.2. The molecule has 1 saturated carbocycles. The molecule has 1 aliphatic carbocycles. The third-order valence-corrected chi connectivity index (χ3v) is 11.4. The standard InChI is InChI=1S/C38H45N3O6S/c1-7-47-38(43)32-17-18-40(23(2)3)35(32)28-19-27-20-29(46-6)14-16-30(27)36-34(25-11-9-8-10-12-25)31-15-13-26(21-33(31)41(36)22-28)37(42)39-48(44,45)24(4)5/h13-21,23-25H,7-12,22H2,1-6H3,(H,39,42). The first-order chi connectivity index (χ1) is 22.9. The SMILES string of the molecule is CCOC(=O)c1ccn(C(C)C)c1C1=Cc2cc(OC)ccc2-c2c(C3CCCCC3)c3ccc(C(=O)NS(=O)(=O)C(C)C)cc3n2C1. The van der Waals surface area contributed by atoms with Gasteiger partial charge in [0.2, 0.25) is 10.0 Å². The van der Waals surface area contributed by atoms with Crippen LogP contribution in [0.2, 0.25) is 0 Å². The lowest BCUT2D eigenvalue weighted by molar-refractivity contribution is 0.0525. The van der Waals surface area contributed by atoms with Crippen LogP contribution >= 0.6 is 0 Å². The van der Waals surface area contributed by atoms with Gasteiger partial charge in [0.05, 0.1) is 42.5 Å². The van der Waals surface area contributed by atoms with Gasteiger partial charge in [-0.25, -0.2) is 17.9 Å². The number of hydrogen-bond acceptors (Lipinski definition) is 6. The lowest BCUT2D eigenvalue weighted by Gasteiger charge is -2.24. The summed E-state index contributed by atoms with van der Waals surface area (Å²) in [7, 11) is -2.17. The average molecular weight is 672 g/mol. The number of hydrogen-bond donors (Lipinski definition) is 1. The minimum absolute atomic E-state index is 0.0639. The molecule has 1 amide bonds. The van der Waals surface area contributed by atoms with E-state index in [4.69, 9.17) is 9.47 Å². The van der Waals surface area contributed by atoms with E-state index in [1.54, 1.807) is 33.9 Å². The summed E-state index contributed by atoms with van der Waals surface area (Å²) in [6.45, 7) is 9.73. The minimum Gasteiger partial charge on any atom is -0.497 e. The zero-order valence-electron chi connectivity index (χ0n) is 28.6. The second kappa shape index (κ2) is 13.3. The van der Waals surface area contributed by atoms with Crippen molar-refractivity contribution in [1.82, 2.24) is 13.9 Å². The molecule has 1 N–H and O–H groups in total. The van der Waals surface area contributed by atoms with E-state index in [2.05, 4.69) is 39.8 Å². The second-order valence-corrected chi connectivity index (χ2v) is 15.6. The molecule has 2 aliphatic rings. The van der Waals surface area contributed by atoms with Crippen molar-refractivity contribution in [2.75, 3.05) is 13.7 Å². The fourth-order valence-corrected chi connectivity index (χ4v) is 7.83. The van der Waals surface area contributed by atoms with Crippen molar-refractivity contribution in [3.8, 4) is 17.0 Å². The first-order valence-electron chi connectivity index (χ1n) is 16.9. The van der Waals surface area contributed by atoms with Gasteiger partial charge in [-0.15, -0.1) is 0 Å². The lowest BCUT2D eigenvalue weighted by atomic mass is 9.81. The molecule has 0 spiro atoms. The number of carbonyl (C=O) groups is 2. The molecular weight excluding hydrogens is 627 g/mol. The van der Waals surface area contributed by atoms with Crippen molar-refractivity contribution < 1.29 is 27.5 Å². The zero-order valence-corrected chi connectivity index (χ0v) is 29.4. The van der Waals surface area contributed by atoms with Gasteiger partial charge in [0.1, 0.15) is 5.75 Å². The van der Waals surface area contributed by atoms with E-state index in [1.165, 1.54) is 12.0 Å². The van der Waals surface area contributed by atoms with E-state index in [9.17, 15) is 18.0 Å². The number of carbonyl (C=O) groups excluding carboxylic acids is 2. The summed E-state index contributed by atoms with van der Waals surface area (Å²) >= 11 is 0. The Morgan fingerprint density at radius 3 is 2.40 bits per heavy atom. The summed E-state index contributed by atoms with van der Waals surface area (Å²) < 4.78 is 43.1. The molecule has 0 unspecified atom stereocenters. The number of nitrogens with zero attached hydrogens (tertiary/aromatic N) is 2. The largest absolute Gasteiger partial charge is 0.497 e. The van der Waals surface area contributed by atoms with Crippen LogP contribution in [0.1, 0.15) is 116 Å². The van der Waals surface area contributed by atoms with Crippen LogP contribution in [-0.4, -0.2) is 48.4 Å². The quantitative estimate of drug-likeness (QED) is 0.181. The maximum Gasteiger partial charge on any atom is 0.340 e. The Kier molecular flexibility index (Phi) is 9.31. The highest BCUT2D eigenvalue weighted by atomic mass is 32.2. The van der Waals surface area contributed by atoms with E-state index in [1.807, 2.05) is 36.5 Å². The Balaban J connectivity index is 1.64. The summed E-state index contributed by atoms with van der Waals surface area (Å²) in [5.74, 6) is 0.00908. The molecule has 254 valence electrons. The summed E-state index contributed by atoms with van der Waals surface area (Å²) in [5, 5.41) is 0.299. The van der Waals surface area contributed by atoms with Crippen LogP contribution in [0.3, 0.4) is 0 Å². The molecule has 2 aromatic heterocycles. The monoisotopic (exact) mass is 671 g/mol. The lowest BCUT2D eigenvalue weighted by Crippen LogP contribution is -2.35. The van der Waals surface area contributed by atoms with Gasteiger partial charge in [-0.3, -0.25) is 4.79 Å². The van der Waals surface area contributed by atoms with E-state index in [-0.39, 0.29) is 24.2 Å². The second-order valence-electron chi connectivity index (χ2n) is 13.4. The van der Waals surface area contributed by atoms with Crippen molar-refractivity contribution in [2.45, 2.75) is 90.5 Å². The Morgan fingerprint density at radius 1 is 0.979 bits per heavy atom. The molecule has 0 atom stereocenters. The average Bonchev–Trinajstić information content (AvgIpc) is 3.60. The van der Waals surface area contributed by atoms with Gasteiger partial charge in [0.25, 0.3) is 5.91 Å². The van der Waals surface area contributed by atoms with Crippen LogP contribution < -0.4 is 9.46 Å². The van der Waals surface area contributed by atoms with Crippen molar-refractivity contribution in [1.29, 1.82) is 0 Å². The number of methoxy groups -OCH3 is 1. The van der Waals surface area contributed by atoms with Gasteiger partial charge >= 0.3 is 5.97 Å². The summed E-state index contributed by atoms with van der Waals surface area (Å²) in [6.07, 6.45) is 9.71. The number of aromatic nitrogens is 2. The fraction of sp³-hybridized carbons (Fsp3) is 0.421. The van der Waals surface area contributed by atoms with Gasteiger partial charge in [-0.05, 0) is 113 Å². The molecule has 1 aliphatic heterocycles. The number of benzene rings is 2. The predicted octanol–water partition coefficient (Wildman–Crippen LogP) is 7.95. The third kappa shape index (κ3) is 6.06. The van der Waals surface area contributed by atoms with E-state index in [0.29, 0.717) is 18.0 Å². The van der Waals surface area contributed by atoms with Gasteiger partial charge < -0.3 is 18.6 Å². The number of esters is 1. The Labute approximate surface area is 283 Å². The van der Waals surface area contributed by atoms with Gasteiger partial charge in [0, 0.05) is 34.3 Å². The zero-order chi connectivity index (χ0) is 34.3. The topological polar surface area (TPSA) is 109 Å². The number of fused-ring (bicyclic) bond motifs is 5. The molecule has 3 heterocycles. The van der Waals surface area contributed by atoms with Crippen molar-refractivity contribution in [3.63, 3.8) is 0 Å². The Morgan fingerprint density at radius 2 is 1.73 bits per heavy atom. The highest BCUT2D eigenvalue weighted by Gasteiger charge is 2.32. The van der Waals surface area contributed by atoms with Crippen LogP contribution in [0.5, 0.6) is 5.75 Å². The maximum atomic E-state index is 13.4. The molecule has 4 aromatic rings. The number of ether oxygens (including phenoxy) is 2. The molecule has 1 fully saturated rings.